The van der Waals surface area contributed by atoms with Crippen LogP contribution in [0.2, 0.25) is 5.02 Å². The number of nitrogens with one attached hydrogen (secondary N) is 1. The molecule has 1 saturated heterocycles. The van der Waals surface area contributed by atoms with E-state index in [9.17, 15) is 13.2 Å². The number of ether oxygens (including phenoxy) is 1. The minimum atomic E-state index is -4.48. The van der Waals surface area contributed by atoms with Crippen LogP contribution in [0.4, 0.5) is 13.2 Å². The lowest BCUT2D eigenvalue weighted by molar-refractivity contribution is -0.137. The molecule has 1 aliphatic heterocycles. The van der Waals surface area contributed by atoms with E-state index in [4.69, 9.17) is 16.3 Å². The third-order valence-corrected chi connectivity index (χ3v) is 3.31. The van der Waals surface area contributed by atoms with Gasteiger partial charge < -0.3 is 10.1 Å². The van der Waals surface area contributed by atoms with Gasteiger partial charge in [-0.1, -0.05) is 11.6 Å². The Balaban J connectivity index is 2.12. The summed E-state index contributed by atoms with van der Waals surface area (Å²) in [6.07, 6.45) is -3.99. The predicted molar refractivity (Wildman–Crippen MR) is 64.6 cm³/mol. The van der Waals surface area contributed by atoms with E-state index in [0.29, 0.717) is 25.5 Å². The van der Waals surface area contributed by atoms with Crippen LogP contribution in [0.1, 0.15) is 17.5 Å². The summed E-state index contributed by atoms with van der Waals surface area (Å²) in [5.74, 6) is 0.306. The molecular formula is C11H10ClF3N4O. The Kier molecular flexibility index (Phi) is 3.31. The Morgan fingerprint density at radius 3 is 2.85 bits per heavy atom. The maximum atomic E-state index is 12.8. The summed E-state index contributed by atoms with van der Waals surface area (Å²) >= 11 is 5.84. The van der Waals surface area contributed by atoms with E-state index in [1.54, 1.807) is 0 Å². The number of halogens is 4. The molecule has 1 aliphatic rings. The van der Waals surface area contributed by atoms with E-state index in [1.807, 2.05) is 0 Å². The molecule has 1 fully saturated rings. The minimum Gasteiger partial charge on any atom is -0.368 e. The maximum absolute atomic E-state index is 12.8. The van der Waals surface area contributed by atoms with Gasteiger partial charge in [0.15, 0.2) is 11.5 Å². The van der Waals surface area contributed by atoms with Crippen LogP contribution < -0.4 is 5.32 Å². The van der Waals surface area contributed by atoms with Gasteiger partial charge in [0, 0.05) is 19.3 Å². The summed E-state index contributed by atoms with van der Waals surface area (Å²) in [5, 5.41) is 10.7. The van der Waals surface area contributed by atoms with Gasteiger partial charge in [0.05, 0.1) is 17.2 Å². The van der Waals surface area contributed by atoms with Gasteiger partial charge in [-0.15, -0.1) is 10.2 Å². The average Bonchev–Trinajstić information content (AvgIpc) is 2.83. The number of rotatable bonds is 1. The Labute approximate surface area is 116 Å². The van der Waals surface area contributed by atoms with Crippen molar-refractivity contribution in [3.8, 4) is 0 Å². The predicted octanol–water partition coefficient (Wildman–Crippen LogP) is 2.06. The molecule has 0 bridgehead atoms. The molecule has 0 aromatic carbocycles. The second-order valence-corrected chi connectivity index (χ2v) is 4.80. The Bertz CT molecular complexity index is 636. The van der Waals surface area contributed by atoms with Crippen molar-refractivity contribution in [2.24, 2.45) is 0 Å². The molecule has 0 saturated carbocycles. The first-order chi connectivity index (χ1) is 9.47. The van der Waals surface area contributed by atoms with Crippen molar-refractivity contribution in [1.82, 2.24) is 19.9 Å². The van der Waals surface area contributed by atoms with Crippen LogP contribution in [0.5, 0.6) is 0 Å². The lowest BCUT2D eigenvalue weighted by Gasteiger charge is -2.22. The molecule has 0 spiro atoms. The zero-order chi connectivity index (χ0) is 14.3. The number of aromatic nitrogens is 3. The number of morpholine rings is 1. The molecule has 20 heavy (non-hydrogen) atoms. The highest BCUT2D eigenvalue weighted by Crippen LogP contribution is 2.33. The number of nitrogens with zero attached hydrogens (tertiary/aromatic N) is 3. The van der Waals surface area contributed by atoms with Crippen LogP contribution in [-0.4, -0.2) is 34.3 Å². The van der Waals surface area contributed by atoms with Crippen molar-refractivity contribution in [2.75, 3.05) is 19.7 Å². The lowest BCUT2D eigenvalue weighted by atomic mass is 10.2. The third kappa shape index (κ3) is 2.34. The molecule has 2 aromatic heterocycles. The lowest BCUT2D eigenvalue weighted by Crippen LogP contribution is -2.34. The summed E-state index contributed by atoms with van der Waals surface area (Å²) < 4.78 is 45.2. The van der Waals surface area contributed by atoms with Crippen molar-refractivity contribution >= 4 is 17.2 Å². The van der Waals surface area contributed by atoms with Crippen LogP contribution in [0.3, 0.4) is 0 Å². The second-order valence-electron chi connectivity index (χ2n) is 4.39. The number of hydrogen-bond acceptors (Lipinski definition) is 4. The first-order valence-electron chi connectivity index (χ1n) is 5.90. The van der Waals surface area contributed by atoms with Gasteiger partial charge in [-0.05, 0) is 6.07 Å². The molecule has 0 amide bonds. The van der Waals surface area contributed by atoms with Gasteiger partial charge in [0.2, 0.25) is 0 Å². The second kappa shape index (κ2) is 4.87. The molecule has 108 valence electrons. The third-order valence-electron chi connectivity index (χ3n) is 3.03. The van der Waals surface area contributed by atoms with Gasteiger partial charge in [0.25, 0.3) is 0 Å². The van der Waals surface area contributed by atoms with Gasteiger partial charge in [0.1, 0.15) is 6.10 Å². The minimum absolute atomic E-state index is 0.0951. The number of fused-ring (bicyclic) bond motifs is 1. The van der Waals surface area contributed by atoms with E-state index in [2.05, 4.69) is 15.5 Å². The van der Waals surface area contributed by atoms with E-state index >= 15 is 0 Å². The first kappa shape index (κ1) is 13.6. The molecule has 1 N–H and O–H groups in total. The van der Waals surface area contributed by atoms with E-state index < -0.39 is 17.8 Å². The van der Waals surface area contributed by atoms with Gasteiger partial charge in [-0.25, -0.2) is 0 Å². The molecule has 3 rings (SSSR count). The zero-order valence-corrected chi connectivity index (χ0v) is 10.9. The van der Waals surface area contributed by atoms with Crippen molar-refractivity contribution in [3.63, 3.8) is 0 Å². The standard InChI is InChI=1S/C11H10ClF3N4O/c12-7-3-6(11(13,14)15)5-19-9(7)17-18-10(19)8-4-16-1-2-20-8/h3,5,8,16H,1-2,4H2. The summed E-state index contributed by atoms with van der Waals surface area (Å²) in [6, 6.07) is 0.843. The van der Waals surface area contributed by atoms with Crippen LogP contribution >= 0.6 is 11.6 Å². The molecule has 2 aromatic rings. The molecule has 9 heteroatoms. The maximum Gasteiger partial charge on any atom is 0.417 e. The van der Waals surface area contributed by atoms with Crippen LogP contribution in [0, 0.1) is 0 Å². The molecule has 5 nitrogen and oxygen atoms in total. The zero-order valence-electron chi connectivity index (χ0n) is 10.1. The smallest absolute Gasteiger partial charge is 0.368 e. The number of alkyl halides is 3. The fourth-order valence-corrected chi connectivity index (χ4v) is 2.32. The van der Waals surface area contributed by atoms with E-state index in [1.165, 1.54) is 4.40 Å². The fourth-order valence-electron chi connectivity index (χ4n) is 2.08. The van der Waals surface area contributed by atoms with Gasteiger partial charge >= 0.3 is 6.18 Å². The quantitative estimate of drug-likeness (QED) is 0.876. The SMILES string of the molecule is FC(F)(F)c1cc(Cl)c2nnc(C3CNCCO3)n2c1. The highest BCUT2D eigenvalue weighted by atomic mass is 35.5. The number of hydrogen-bond donors (Lipinski definition) is 1. The topological polar surface area (TPSA) is 51.5 Å². The summed E-state index contributed by atoms with van der Waals surface area (Å²) in [6.45, 7) is 1.63. The summed E-state index contributed by atoms with van der Waals surface area (Å²) in [5.41, 5.74) is -0.663. The Hall–Kier alpha value is -1.38. The highest BCUT2D eigenvalue weighted by Gasteiger charge is 2.33. The first-order valence-corrected chi connectivity index (χ1v) is 6.28. The normalized spacial score (nSPS) is 20.5. The molecule has 3 heterocycles. The molecule has 1 atom stereocenters. The van der Waals surface area contributed by atoms with Crippen molar-refractivity contribution in [2.45, 2.75) is 12.3 Å². The summed E-state index contributed by atoms with van der Waals surface area (Å²) in [4.78, 5) is 0. The largest absolute Gasteiger partial charge is 0.417 e. The van der Waals surface area contributed by atoms with Crippen LogP contribution in [-0.2, 0) is 10.9 Å². The van der Waals surface area contributed by atoms with Crippen molar-refractivity contribution < 1.29 is 17.9 Å². The van der Waals surface area contributed by atoms with Crippen molar-refractivity contribution in [1.29, 1.82) is 0 Å². The molecule has 0 aliphatic carbocycles. The van der Waals surface area contributed by atoms with Crippen molar-refractivity contribution in [3.05, 3.63) is 28.7 Å². The fraction of sp³-hybridized carbons (Fsp3) is 0.455. The van der Waals surface area contributed by atoms with Crippen LogP contribution in [0.15, 0.2) is 12.3 Å². The van der Waals surface area contributed by atoms with E-state index in [-0.39, 0.29) is 10.7 Å². The molecular weight excluding hydrogens is 297 g/mol. The van der Waals surface area contributed by atoms with E-state index in [0.717, 1.165) is 12.3 Å². The van der Waals surface area contributed by atoms with Crippen LogP contribution in [0.25, 0.3) is 5.65 Å². The Morgan fingerprint density at radius 1 is 1.40 bits per heavy atom. The average molecular weight is 307 g/mol. The molecule has 1 unspecified atom stereocenters. The Morgan fingerprint density at radius 2 is 2.20 bits per heavy atom. The van der Waals surface area contributed by atoms with Gasteiger partial charge in [-0.2, -0.15) is 13.2 Å². The summed E-state index contributed by atoms with van der Waals surface area (Å²) in [7, 11) is 0. The number of pyridine rings is 1. The monoisotopic (exact) mass is 306 g/mol. The highest BCUT2D eigenvalue weighted by molar-refractivity contribution is 6.33. The van der Waals surface area contributed by atoms with Gasteiger partial charge in [-0.3, -0.25) is 4.40 Å². The molecule has 0 radical (unpaired) electrons.